The molecule has 0 fully saturated rings. The second-order valence-corrected chi connectivity index (χ2v) is 6.00. The predicted molar refractivity (Wildman–Crippen MR) is 99.0 cm³/mol. The van der Waals surface area contributed by atoms with Gasteiger partial charge in [-0.25, -0.2) is 0 Å². The fourth-order valence-corrected chi connectivity index (χ4v) is 2.95. The lowest BCUT2D eigenvalue weighted by Gasteiger charge is -2.32. The van der Waals surface area contributed by atoms with Crippen LogP contribution in [-0.2, 0) is 18.9 Å². The van der Waals surface area contributed by atoms with Gasteiger partial charge in [-0.3, -0.25) is 0 Å². The molecule has 0 amide bonds. The summed E-state index contributed by atoms with van der Waals surface area (Å²) >= 11 is 0. The zero-order valence-electron chi connectivity index (χ0n) is 15.0. The van der Waals surface area contributed by atoms with Crippen molar-refractivity contribution in [1.29, 1.82) is 0 Å². The van der Waals surface area contributed by atoms with E-state index < -0.39 is 0 Å². The summed E-state index contributed by atoms with van der Waals surface area (Å²) in [6.07, 6.45) is 19.4. The van der Waals surface area contributed by atoms with Crippen molar-refractivity contribution >= 4 is 0 Å². The van der Waals surface area contributed by atoms with E-state index in [0.717, 1.165) is 6.42 Å². The number of hydrogen-bond acceptors (Lipinski definition) is 4. The Labute approximate surface area is 151 Å². The maximum absolute atomic E-state index is 6.28. The van der Waals surface area contributed by atoms with Crippen LogP contribution in [-0.4, -0.2) is 43.4 Å². The molecule has 2 heterocycles. The minimum Gasteiger partial charge on any atom is -0.364 e. The summed E-state index contributed by atoms with van der Waals surface area (Å²) in [7, 11) is 0. The molecular weight excluding hydrogens is 316 g/mol. The number of fused-ring (bicyclic) bond motifs is 1. The Morgan fingerprint density at radius 1 is 1.20 bits per heavy atom. The average Bonchev–Trinajstić information content (AvgIpc) is 2.75. The van der Waals surface area contributed by atoms with Crippen molar-refractivity contribution in [3.63, 3.8) is 0 Å². The van der Waals surface area contributed by atoms with Gasteiger partial charge in [0, 0.05) is 6.61 Å². The molecule has 0 bridgehead atoms. The van der Waals surface area contributed by atoms with Crippen molar-refractivity contribution in [2.24, 2.45) is 0 Å². The van der Waals surface area contributed by atoms with Crippen LogP contribution in [0, 0.1) is 12.3 Å². The third-order valence-corrected chi connectivity index (χ3v) is 4.09. The maximum atomic E-state index is 6.28. The lowest BCUT2D eigenvalue weighted by Crippen LogP contribution is -2.39. The molecule has 0 saturated heterocycles. The number of hydrogen-bond donors (Lipinski definition) is 0. The Morgan fingerprint density at radius 2 is 1.96 bits per heavy atom. The molecule has 0 aliphatic carbocycles. The van der Waals surface area contributed by atoms with Gasteiger partial charge in [-0.05, 0) is 32.8 Å². The smallest absolute Gasteiger partial charge is 0.155 e. The van der Waals surface area contributed by atoms with Crippen molar-refractivity contribution in [2.75, 3.05) is 6.61 Å². The second-order valence-electron chi connectivity index (χ2n) is 6.00. The minimum atomic E-state index is -0.313. The van der Waals surface area contributed by atoms with Gasteiger partial charge in [-0.2, -0.15) is 0 Å². The van der Waals surface area contributed by atoms with Gasteiger partial charge in [0.05, 0.1) is 12.2 Å². The normalized spacial score (nSPS) is 32.8. The number of ether oxygens (including phenoxy) is 4. The van der Waals surface area contributed by atoms with E-state index in [1.807, 2.05) is 44.2 Å². The second kappa shape index (κ2) is 10.4. The molecule has 2 aliphatic rings. The molecule has 0 N–H and O–H groups in total. The quantitative estimate of drug-likeness (QED) is 0.383. The molecule has 0 aromatic rings. The van der Waals surface area contributed by atoms with Crippen LogP contribution >= 0.6 is 0 Å². The molecule has 2 aliphatic heterocycles. The highest BCUT2D eigenvalue weighted by atomic mass is 16.7. The summed E-state index contributed by atoms with van der Waals surface area (Å²) in [5, 5.41) is 0. The van der Waals surface area contributed by atoms with Gasteiger partial charge >= 0.3 is 0 Å². The highest BCUT2D eigenvalue weighted by molar-refractivity contribution is 5.15. The molecular formula is C21H28O4. The summed E-state index contributed by atoms with van der Waals surface area (Å²) in [5.41, 5.74) is 0. The first kappa shape index (κ1) is 19.7. The van der Waals surface area contributed by atoms with E-state index in [1.54, 1.807) is 6.08 Å². The minimum absolute atomic E-state index is 0.0339. The van der Waals surface area contributed by atoms with Gasteiger partial charge in [-0.15, -0.1) is 13.0 Å². The monoisotopic (exact) mass is 344 g/mol. The van der Waals surface area contributed by atoms with E-state index in [0.29, 0.717) is 13.0 Å². The summed E-state index contributed by atoms with van der Waals surface area (Å²) in [4.78, 5) is 0. The molecule has 0 radical (unpaired) electrons. The number of allylic oxidation sites excluding steroid dienone is 1. The Morgan fingerprint density at radius 3 is 2.68 bits per heavy atom. The van der Waals surface area contributed by atoms with Gasteiger partial charge in [0.25, 0.3) is 0 Å². The first-order valence-corrected chi connectivity index (χ1v) is 8.84. The van der Waals surface area contributed by atoms with Crippen LogP contribution in [0.15, 0.2) is 49.1 Å². The van der Waals surface area contributed by atoms with Crippen molar-refractivity contribution in [2.45, 2.75) is 63.5 Å². The van der Waals surface area contributed by atoms with Crippen LogP contribution in [0.25, 0.3) is 0 Å². The molecule has 4 nitrogen and oxygen atoms in total. The Hall–Kier alpha value is -1.64. The van der Waals surface area contributed by atoms with Gasteiger partial charge in [-0.1, -0.05) is 42.4 Å². The molecule has 1 unspecified atom stereocenters. The summed E-state index contributed by atoms with van der Waals surface area (Å²) in [5.74, 6) is 2.51. The Balaban J connectivity index is 2.12. The van der Waals surface area contributed by atoms with Crippen molar-refractivity contribution < 1.29 is 18.9 Å². The van der Waals surface area contributed by atoms with Crippen LogP contribution in [0.2, 0.25) is 0 Å². The first-order chi connectivity index (χ1) is 12.2. The number of rotatable bonds is 8. The van der Waals surface area contributed by atoms with Crippen LogP contribution in [0.5, 0.6) is 0 Å². The fourth-order valence-electron chi connectivity index (χ4n) is 2.95. The molecule has 25 heavy (non-hydrogen) atoms. The topological polar surface area (TPSA) is 36.9 Å². The molecule has 136 valence electrons. The average molecular weight is 344 g/mol. The largest absolute Gasteiger partial charge is 0.364 e. The van der Waals surface area contributed by atoms with Crippen LogP contribution in [0.1, 0.15) is 26.7 Å². The summed E-state index contributed by atoms with van der Waals surface area (Å²) < 4.78 is 23.9. The van der Waals surface area contributed by atoms with Crippen LogP contribution in [0.4, 0.5) is 0 Å². The van der Waals surface area contributed by atoms with E-state index in [9.17, 15) is 0 Å². The van der Waals surface area contributed by atoms with E-state index in [-0.39, 0.29) is 36.8 Å². The molecule has 2 rings (SSSR count). The van der Waals surface area contributed by atoms with E-state index in [4.69, 9.17) is 25.4 Å². The van der Waals surface area contributed by atoms with Gasteiger partial charge in [0.15, 0.2) is 6.29 Å². The Kier molecular flexibility index (Phi) is 8.17. The molecule has 0 aromatic heterocycles. The lowest BCUT2D eigenvalue weighted by atomic mass is 10.1. The summed E-state index contributed by atoms with van der Waals surface area (Å²) in [6, 6.07) is 0. The lowest BCUT2D eigenvalue weighted by molar-refractivity contribution is -0.182. The van der Waals surface area contributed by atoms with Crippen LogP contribution in [0.3, 0.4) is 0 Å². The van der Waals surface area contributed by atoms with Gasteiger partial charge in [0.1, 0.15) is 18.3 Å². The van der Waals surface area contributed by atoms with Gasteiger partial charge < -0.3 is 18.9 Å². The fraction of sp³-hybridized carbons (Fsp3) is 0.524. The predicted octanol–water partition coefficient (Wildman–Crippen LogP) is 3.56. The molecule has 4 heteroatoms. The van der Waals surface area contributed by atoms with Crippen molar-refractivity contribution in [3.05, 3.63) is 49.1 Å². The summed E-state index contributed by atoms with van der Waals surface area (Å²) in [6.45, 7) is 8.20. The zero-order valence-corrected chi connectivity index (χ0v) is 15.0. The van der Waals surface area contributed by atoms with E-state index >= 15 is 0 Å². The van der Waals surface area contributed by atoms with Gasteiger partial charge in [0.2, 0.25) is 0 Å². The molecule has 0 saturated carbocycles. The number of terminal acetylenes is 1. The van der Waals surface area contributed by atoms with Crippen molar-refractivity contribution in [3.8, 4) is 12.3 Å². The third-order valence-electron chi connectivity index (χ3n) is 4.09. The third kappa shape index (κ3) is 5.98. The Bertz CT molecular complexity index is 543. The maximum Gasteiger partial charge on any atom is 0.155 e. The van der Waals surface area contributed by atoms with Crippen molar-refractivity contribution in [1.82, 2.24) is 0 Å². The molecule has 6 atom stereocenters. The molecule has 0 spiro atoms. The molecule has 0 aromatic carbocycles. The van der Waals surface area contributed by atoms with E-state index in [2.05, 4.69) is 18.6 Å². The first-order valence-electron chi connectivity index (χ1n) is 8.84. The SMILES string of the molecule is C#C/C=C\C[C@H]1O[C@H]2C=C[C@@H](CC=C)O[C@@H]2C=C[C@@H]1OC(C)OCC. The standard InChI is InChI=1S/C21H28O4/c1-5-8-9-11-18-19(23-16(4)22-7-3)14-15-20-21(25-18)13-12-17(24-20)10-6-2/h1,6,8-9,12-21H,2,7,10-11H2,3-4H3/b9-8-/t16?,17-,18-,19+,20-,21+/m1/s1. The van der Waals surface area contributed by atoms with E-state index in [1.165, 1.54) is 0 Å². The zero-order chi connectivity index (χ0) is 18.1. The highest BCUT2D eigenvalue weighted by Crippen LogP contribution is 2.27. The van der Waals surface area contributed by atoms with Crippen LogP contribution < -0.4 is 0 Å². The highest BCUT2D eigenvalue weighted by Gasteiger charge is 2.34.